The summed E-state index contributed by atoms with van der Waals surface area (Å²) in [4.78, 5) is 41.4. The third-order valence-electron chi connectivity index (χ3n) is 4.08. The van der Waals surface area contributed by atoms with Gasteiger partial charge in [-0.1, -0.05) is 48.5 Å². The minimum absolute atomic E-state index is 0.0613. The molecule has 0 aliphatic heterocycles. The molecule has 0 aliphatic carbocycles. The van der Waals surface area contributed by atoms with Crippen LogP contribution in [0.5, 0.6) is 0 Å². The third-order valence-corrected chi connectivity index (χ3v) is 4.08. The Bertz CT molecular complexity index is 925. The molecule has 0 unspecified atom stereocenters. The van der Waals surface area contributed by atoms with Gasteiger partial charge in [-0.3, -0.25) is 14.4 Å². The summed E-state index contributed by atoms with van der Waals surface area (Å²) in [6.45, 7) is 0.0613. The van der Waals surface area contributed by atoms with Gasteiger partial charge in [-0.2, -0.15) is 0 Å². The van der Waals surface area contributed by atoms with Crippen molar-refractivity contribution in [1.29, 1.82) is 0 Å². The second-order valence-corrected chi connectivity index (χ2v) is 6.11. The highest BCUT2D eigenvalue weighted by molar-refractivity contribution is 6.38. The van der Waals surface area contributed by atoms with E-state index in [-0.39, 0.29) is 13.0 Å². The van der Waals surface area contributed by atoms with Gasteiger partial charge in [0.25, 0.3) is 11.8 Å². The topological polar surface area (TPSA) is 101 Å². The molecule has 0 radical (unpaired) electrons. The number of ketones is 1. The van der Waals surface area contributed by atoms with Crippen LogP contribution in [0.4, 0.5) is 0 Å². The molecular weight excluding hydrogens is 358 g/mol. The maximum atomic E-state index is 12.7. The first kappa shape index (κ1) is 19.0. The first-order chi connectivity index (χ1) is 13.6. The number of nitrogens with zero attached hydrogens (tertiary/aromatic N) is 1. The summed E-state index contributed by atoms with van der Waals surface area (Å²) in [6.07, 6.45) is 2.82. The second-order valence-electron chi connectivity index (χ2n) is 6.11. The largest absolute Gasteiger partial charge is 0.451 e. The predicted octanol–water partition coefficient (Wildman–Crippen LogP) is 1.90. The highest BCUT2D eigenvalue weighted by Gasteiger charge is 2.27. The molecule has 2 amide bonds. The molecule has 0 fully saturated rings. The van der Waals surface area contributed by atoms with Crippen LogP contribution >= 0.6 is 0 Å². The summed E-state index contributed by atoms with van der Waals surface area (Å²) in [5, 5.41) is 5.17. The second kappa shape index (κ2) is 9.27. The highest BCUT2D eigenvalue weighted by atomic mass is 16.3. The molecule has 28 heavy (non-hydrogen) atoms. The molecule has 1 atom stereocenters. The molecule has 0 saturated heterocycles. The summed E-state index contributed by atoms with van der Waals surface area (Å²) in [6, 6.07) is 16.7. The van der Waals surface area contributed by atoms with Gasteiger partial charge in [0.05, 0.1) is 12.2 Å². The van der Waals surface area contributed by atoms with Gasteiger partial charge >= 0.3 is 0 Å². The van der Waals surface area contributed by atoms with Crippen molar-refractivity contribution in [3.8, 4) is 0 Å². The summed E-state index contributed by atoms with van der Waals surface area (Å²) in [7, 11) is 0. The number of Topliss-reactive ketones (excluding diaryl/α,β-unsaturated/α-hetero) is 1. The Labute approximate surface area is 161 Å². The van der Waals surface area contributed by atoms with Crippen LogP contribution in [-0.2, 0) is 22.6 Å². The van der Waals surface area contributed by atoms with Crippen molar-refractivity contribution in [3.05, 3.63) is 90.1 Å². The third kappa shape index (κ3) is 5.14. The van der Waals surface area contributed by atoms with Crippen LogP contribution in [0.25, 0.3) is 0 Å². The molecule has 0 saturated carbocycles. The fourth-order valence-electron chi connectivity index (χ4n) is 2.63. The van der Waals surface area contributed by atoms with Crippen molar-refractivity contribution in [2.24, 2.45) is 0 Å². The Morgan fingerprint density at radius 3 is 2.29 bits per heavy atom. The van der Waals surface area contributed by atoms with Crippen LogP contribution in [0.3, 0.4) is 0 Å². The Kier molecular flexibility index (Phi) is 6.30. The summed E-state index contributed by atoms with van der Waals surface area (Å²) < 4.78 is 4.83. The van der Waals surface area contributed by atoms with Crippen LogP contribution in [0, 0.1) is 0 Å². The number of carbonyl (C=O) groups excluding carboxylic acids is 3. The fraction of sp³-hybridized carbons (Fsp3) is 0.143. The number of amides is 2. The molecule has 1 aromatic heterocycles. The Balaban J connectivity index is 1.71. The minimum Gasteiger partial charge on any atom is -0.451 e. The SMILES string of the molecule is O=C(NCc1cocn1)C(=O)[C@@H](Cc1ccccc1)NC(=O)c1ccccc1. The molecule has 2 N–H and O–H groups in total. The van der Waals surface area contributed by atoms with E-state index < -0.39 is 23.6 Å². The zero-order valence-corrected chi connectivity index (χ0v) is 15.0. The zero-order valence-electron chi connectivity index (χ0n) is 15.0. The number of aromatic nitrogens is 1. The lowest BCUT2D eigenvalue weighted by Crippen LogP contribution is -2.48. The number of oxazole rings is 1. The molecule has 7 heteroatoms. The molecule has 3 rings (SSSR count). The standard InChI is InChI=1S/C21H19N3O4/c25-19(21(27)22-12-17-13-28-14-23-17)18(11-15-7-3-1-4-8-15)24-20(26)16-9-5-2-6-10-16/h1-10,13-14,18H,11-12H2,(H,22,27)(H,24,26)/t18-/m1/s1. The molecule has 1 heterocycles. The van der Waals surface area contributed by atoms with Gasteiger partial charge in [0.15, 0.2) is 6.39 Å². The smallest absolute Gasteiger partial charge is 0.289 e. The number of hydrogen-bond acceptors (Lipinski definition) is 5. The van der Waals surface area contributed by atoms with Crippen molar-refractivity contribution in [3.63, 3.8) is 0 Å². The minimum atomic E-state index is -0.993. The van der Waals surface area contributed by atoms with Gasteiger partial charge in [-0.25, -0.2) is 4.98 Å². The van der Waals surface area contributed by atoms with E-state index in [1.807, 2.05) is 30.3 Å². The zero-order chi connectivity index (χ0) is 19.8. The van der Waals surface area contributed by atoms with E-state index in [4.69, 9.17) is 4.42 Å². The molecular formula is C21H19N3O4. The van der Waals surface area contributed by atoms with Crippen LogP contribution in [0.15, 0.2) is 77.7 Å². The van der Waals surface area contributed by atoms with E-state index in [0.29, 0.717) is 11.3 Å². The van der Waals surface area contributed by atoms with E-state index in [9.17, 15) is 14.4 Å². The number of hydrogen-bond donors (Lipinski definition) is 2. The van der Waals surface area contributed by atoms with E-state index in [2.05, 4.69) is 15.6 Å². The van der Waals surface area contributed by atoms with Gasteiger partial charge in [0, 0.05) is 12.0 Å². The maximum Gasteiger partial charge on any atom is 0.289 e. The first-order valence-electron chi connectivity index (χ1n) is 8.72. The average molecular weight is 377 g/mol. The molecule has 0 aliphatic rings. The summed E-state index contributed by atoms with van der Waals surface area (Å²) in [5.74, 6) is -1.94. The number of rotatable bonds is 8. The van der Waals surface area contributed by atoms with Crippen molar-refractivity contribution in [2.75, 3.05) is 0 Å². The Hall–Kier alpha value is -3.74. The van der Waals surface area contributed by atoms with Gasteiger partial charge < -0.3 is 15.1 Å². The van der Waals surface area contributed by atoms with E-state index in [1.54, 1.807) is 30.3 Å². The molecule has 0 spiro atoms. The lowest BCUT2D eigenvalue weighted by Gasteiger charge is -2.17. The van der Waals surface area contributed by atoms with Gasteiger partial charge in [0.1, 0.15) is 12.3 Å². The van der Waals surface area contributed by atoms with Gasteiger partial charge in [-0.15, -0.1) is 0 Å². The van der Waals surface area contributed by atoms with Crippen LogP contribution < -0.4 is 10.6 Å². The Morgan fingerprint density at radius 1 is 0.964 bits per heavy atom. The van der Waals surface area contributed by atoms with Crippen molar-refractivity contribution < 1.29 is 18.8 Å². The lowest BCUT2D eigenvalue weighted by atomic mass is 10.0. The monoisotopic (exact) mass is 377 g/mol. The first-order valence-corrected chi connectivity index (χ1v) is 8.72. The van der Waals surface area contributed by atoms with Crippen molar-refractivity contribution >= 4 is 17.6 Å². The van der Waals surface area contributed by atoms with Crippen molar-refractivity contribution in [2.45, 2.75) is 19.0 Å². The van der Waals surface area contributed by atoms with Gasteiger partial charge in [-0.05, 0) is 17.7 Å². The summed E-state index contributed by atoms with van der Waals surface area (Å²) >= 11 is 0. The quantitative estimate of drug-likeness (QED) is 0.584. The van der Waals surface area contributed by atoms with Gasteiger partial charge in [0.2, 0.25) is 5.78 Å². The molecule has 0 bridgehead atoms. The molecule has 2 aromatic carbocycles. The van der Waals surface area contributed by atoms with Crippen molar-refractivity contribution in [1.82, 2.24) is 15.6 Å². The van der Waals surface area contributed by atoms with E-state index in [1.165, 1.54) is 12.7 Å². The maximum absolute atomic E-state index is 12.7. The fourth-order valence-corrected chi connectivity index (χ4v) is 2.63. The molecule has 142 valence electrons. The number of benzene rings is 2. The average Bonchev–Trinajstić information content (AvgIpc) is 3.26. The molecule has 7 nitrogen and oxygen atoms in total. The van der Waals surface area contributed by atoms with E-state index >= 15 is 0 Å². The Morgan fingerprint density at radius 2 is 1.64 bits per heavy atom. The summed E-state index contributed by atoms with van der Waals surface area (Å²) in [5.41, 5.74) is 1.74. The highest BCUT2D eigenvalue weighted by Crippen LogP contribution is 2.07. The number of carbonyl (C=O) groups is 3. The van der Waals surface area contributed by atoms with E-state index in [0.717, 1.165) is 5.56 Å². The van der Waals surface area contributed by atoms with Crippen LogP contribution in [0.2, 0.25) is 0 Å². The van der Waals surface area contributed by atoms with Crippen LogP contribution in [-0.4, -0.2) is 28.6 Å². The predicted molar refractivity (Wildman–Crippen MR) is 101 cm³/mol. The molecule has 3 aromatic rings. The number of nitrogens with one attached hydrogen (secondary N) is 2. The van der Waals surface area contributed by atoms with Crippen LogP contribution in [0.1, 0.15) is 21.6 Å². The normalized spacial score (nSPS) is 11.4. The lowest BCUT2D eigenvalue weighted by molar-refractivity contribution is -0.139.